The molecule has 2 N–H and O–H groups in total. The number of carbonyl (C=O) groups excluding carboxylic acids is 1. The predicted octanol–water partition coefficient (Wildman–Crippen LogP) is 1.78. The van der Waals surface area contributed by atoms with Crippen LogP contribution in [0.25, 0.3) is 10.2 Å². The van der Waals surface area contributed by atoms with Crippen LogP contribution in [0.4, 0.5) is 5.82 Å². The number of rotatable bonds is 2. The fraction of sp³-hybridized carbons (Fsp3) is 0.462. The third-order valence-corrected chi connectivity index (χ3v) is 4.62. The zero-order valence-electron chi connectivity index (χ0n) is 10.7. The monoisotopic (exact) mass is 276 g/mol. The summed E-state index contributed by atoms with van der Waals surface area (Å²) in [7, 11) is 0. The Morgan fingerprint density at radius 2 is 2.32 bits per heavy atom. The Hall–Kier alpha value is -1.69. The van der Waals surface area contributed by atoms with Crippen LogP contribution in [0.3, 0.4) is 0 Å². The minimum Gasteiger partial charge on any atom is -0.369 e. The van der Waals surface area contributed by atoms with E-state index >= 15 is 0 Å². The van der Waals surface area contributed by atoms with Gasteiger partial charge in [-0.15, -0.1) is 11.3 Å². The molecule has 2 atom stereocenters. The second-order valence-corrected chi connectivity index (χ2v) is 5.91. The number of hydrogen-bond acceptors (Lipinski definition) is 5. The topological polar surface area (TPSA) is 72.1 Å². The van der Waals surface area contributed by atoms with E-state index in [1.807, 2.05) is 11.4 Å². The van der Waals surface area contributed by atoms with Crippen molar-refractivity contribution in [3.8, 4) is 0 Å². The van der Waals surface area contributed by atoms with Crippen LogP contribution in [0.2, 0.25) is 0 Å². The maximum absolute atomic E-state index is 11.4. The summed E-state index contributed by atoms with van der Waals surface area (Å²) in [5, 5.41) is 3.08. The summed E-state index contributed by atoms with van der Waals surface area (Å²) in [6, 6.07) is 2.41. The lowest BCUT2D eigenvalue weighted by molar-refractivity contribution is -0.122. The van der Waals surface area contributed by atoms with Gasteiger partial charge >= 0.3 is 0 Å². The van der Waals surface area contributed by atoms with Crippen molar-refractivity contribution in [2.75, 3.05) is 11.4 Å². The van der Waals surface area contributed by atoms with E-state index in [0.717, 1.165) is 28.9 Å². The molecule has 3 rings (SSSR count). The Morgan fingerprint density at radius 1 is 1.47 bits per heavy atom. The first kappa shape index (κ1) is 12.3. The third kappa shape index (κ3) is 2.16. The molecule has 5 nitrogen and oxygen atoms in total. The van der Waals surface area contributed by atoms with Crippen LogP contribution in [0.5, 0.6) is 0 Å². The van der Waals surface area contributed by atoms with E-state index in [4.69, 9.17) is 5.73 Å². The molecular formula is C13H16N4OS. The van der Waals surface area contributed by atoms with Gasteiger partial charge in [-0.25, -0.2) is 9.97 Å². The van der Waals surface area contributed by atoms with E-state index in [-0.39, 0.29) is 11.8 Å². The van der Waals surface area contributed by atoms with Crippen LogP contribution in [0.15, 0.2) is 17.8 Å². The molecule has 2 aromatic rings. The van der Waals surface area contributed by atoms with E-state index in [1.165, 1.54) is 0 Å². The number of aromatic nitrogens is 2. The molecule has 0 aliphatic carbocycles. The van der Waals surface area contributed by atoms with Crippen molar-refractivity contribution in [2.45, 2.75) is 25.8 Å². The summed E-state index contributed by atoms with van der Waals surface area (Å²) in [6.07, 6.45) is 3.42. The number of piperidine rings is 1. The number of anilines is 1. The molecule has 1 fully saturated rings. The summed E-state index contributed by atoms with van der Waals surface area (Å²) in [4.78, 5) is 23.3. The Labute approximate surface area is 115 Å². The van der Waals surface area contributed by atoms with Gasteiger partial charge in [-0.2, -0.15) is 0 Å². The van der Waals surface area contributed by atoms with Gasteiger partial charge in [0.25, 0.3) is 0 Å². The molecule has 1 saturated heterocycles. The summed E-state index contributed by atoms with van der Waals surface area (Å²) in [5.74, 6) is 0.622. The molecule has 0 bridgehead atoms. The van der Waals surface area contributed by atoms with E-state index in [1.54, 1.807) is 17.7 Å². The van der Waals surface area contributed by atoms with Gasteiger partial charge < -0.3 is 10.6 Å². The highest BCUT2D eigenvalue weighted by molar-refractivity contribution is 7.16. The van der Waals surface area contributed by atoms with Crippen molar-refractivity contribution < 1.29 is 4.79 Å². The standard InChI is InChI=1S/C13H16N4OS/c1-8-2-3-9(11(14)18)6-17(8)12-10-4-5-19-13(10)16-7-15-12/h4-5,7-9H,2-3,6H2,1H3,(H2,14,18)/t8-,9-/m0/s1. The van der Waals surface area contributed by atoms with E-state index in [2.05, 4.69) is 21.8 Å². The van der Waals surface area contributed by atoms with Crippen LogP contribution in [-0.2, 0) is 4.79 Å². The minimum atomic E-state index is -0.215. The molecule has 0 aromatic carbocycles. The first-order valence-electron chi connectivity index (χ1n) is 6.41. The maximum Gasteiger partial charge on any atom is 0.222 e. The quantitative estimate of drug-likeness (QED) is 0.907. The average molecular weight is 276 g/mol. The van der Waals surface area contributed by atoms with Crippen molar-refractivity contribution >= 4 is 33.3 Å². The Morgan fingerprint density at radius 3 is 3.11 bits per heavy atom. The zero-order chi connectivity index (χ0) is 13.4. The van der Waals surface area contributed by atoms with Gasteiger partial charge in [0.15, 0.2) is 0 Å². The van der Waals surface area contributed by atoms with E-state index in [0.29, 0.717) is 12.6 Å². The highest BCUT2D eigenvalue weighted by Crippen LogP contribution is 2.32. The number of amides is 1. The summed E-state index contributed by atoms with van der Waals surface area (Å²) < 4.78 is 0. The van der Waals surface area contributed by atoms with Crippen LogP contribution >= 0.6 is 11.3 Å². The number of hydrogen-bond donors (Lipinski definition) is 1. The molecule has 1 aliphatic heterocycles. The fourth-order valence-corrected chi connectivity index (χ4v) is 3.37. The molecule has 1 aliphatic rings. The molecule has 0 unspecified atom stereocenters. The Kier molecular flexibility index (Phi) is 3.10. The molecule has 0 saturated carbocycles. The van der Waals surface area contributed by atoms with E-state index < -0.39 is 0 Å². The SMILES string of the molecule is C[C@H]1CC[C@H](C(N)=O)CN1c1ncnc2sccc12. The molecular weight excluding hydrogens is 260 g/mol. The van der Waals surface area contributed by atoms with Crippen molar-refractivity contribution in [1.82, 2.24) is 9.97 Å². The lowest BCUT2D eigenvalue weighted by Gasteiger charge is -2.37. The van der Waals surface area contributed by atoms with Crippen LogP contribution in [0, 0.1) is 5.92 Å². The maximum atomic E-state index is 11.4. The van der Waals surface area contributed by atoms with Crippen molar-refractivity contribution in [3.05, 3.63) is 17.8 Å². The van der Waals surface area contributed by atoms with E-state index in [9.17, 15) is 4.79 Å². The molecule has 6 heteroatoms. The smallest absolute Gasteiger partial charge is 0.222 e. The lowest BCUT2D eigenvalue weighted by Crippen LogP contribution is -2.46. The number of carbonyl (C=O) groups is 1. The highest BCUT2D eigenvalue weighted by atomic mass is 32.1. The van der Waals surface area contributed by atoms with Crippen LogP contribution in [-0.4, -0.2) is 28.5 Å². The molecule has 1 amide bonds. The van der Waals surface area contributed by atoms with Gasteiger partial charge in [-0.05, 0) is 31.2 Å². The number of nitrogens with zero attached hydrogens (tertiary/aromatic N) is 3. The van der Waals surface area contributed by atoms with Crippen LogP contribution < -0.4 is 10.6 Å². The second-order valence-electron chi connectivity index (χ2n) is 5.01. The zero-order valence-corrected chi connectivity index (χ0v) is 11.6. The number of primary amides is 1. The number of nitrogens with two attached hydrogens (primary N) is 1. The summed E-state index contributed by atoms with van der Waals surface area (Å²) >= 11 is 1.60. The number of fused-ring (bicyclic) bond motifs is 1. The molecule has 3 heterocycles. The van der Waals surface area contributed by atoms with Gasteiger partial charge in [0.1, 0.15) is 17.0 Å². The first-order valence-corrected chi connectivity index (χ1v) is 7.29. The lowest BCUT2D eigenvalue weighted by atomic mass is 9.93. The molecule has 2 aromatic heterocycles. The van der Waals surface area contributed by atoms with Crippen molar-refractivity contribution in [1.29, 1.82) is 0 Å². The second kappa shape index (κ2) is 4.77. The number of thiophene rings is 1. The first-order chi connectivity index (χ1) is 9.16. The minimum absolute atomic E-state index is 0.0835. The predicted molar refractivity (Wildman–Crippen MR) is 76.1 cm³/mol. The van der Waals surface area contributed by atoms with Gasteiger partial charge in [0, 0.05) is 12.6 Å². The molecule has 0 spiro atoms. The molecule has 0 radical (unpaired) electrons. The normalized spacial score (nSPS) is 23.7. The molecule has 19 heavy (non-hydrogen) atoms. The highest BCUT2D eigenvalue weighted by Gasteiger charge is 2.30. The Balaban J connectivity index is 1.99. The van der Waals surface area contributed by atoms with Gasteiger partial charge in [-0.1, -0.05) is 0 Å². The average Bonchev–Trinajstić information content (AvgIpc) is 2.87. The summed E-state index contributed by atoms with van der Waals surface area (Å²) in [6.45, 7) is 2.82. The summed E-state index contributed by atoms with van der Waals surface area (Å²) in [5.41, 5.74) is 5.45. The third-order valence-electron chi connectivity index (χ3n) is 3.80. The molecule has 100 valence electrons. The van der Waals surface area contributed by atoms with Gasteiger partial charge in [0.05, 0.1) is 11.3 Å². The van der Waals surface area contributed by atoms with Gasteiger partial charge in [-0.3, -0.25) is 4.79 Å². The van der Waals surface area contributed by atoms with Gasteiger partial charge in [0.2, 0.25) is 5.91 Å². The Bertz CT molecular complexity index is 611. The largest absolute Gasteiger partial charge is 0.369 e. The van der Waals surface area contributed by atoms with Crippen molar-refractivity contribution in [3.63, 3.8) is 0 Å². The fourth-order valence-electron chi connectivity index (χ4n) is 2.64. The van der Waals surface area contributed by atoms with Crippen molar-refractivity contribution in [2.24, 2.45) is 11.7 Å². The van der Waals surface area contributed by atoms with Crippen LogP contribution in [0.1, 0.15) is 19.8 Å².